The van der Waals surface area contributed by atoms with E-state index in [9.17, 15) is 4.79 Å². The van der Waals surface area contributed by atoms with Crippen molar-refractivity contribution in [2.24, 2.45) is 0 Å². The lowest BCUT2D eigenvalue weighted by atomic mass is 10.2. The summed E-state index contributed by atoms with van der Waals surface area (Å²) in [6.45, 7) is 1.91. The van der Waals surface area contributed by atoms with Gasteiger partial charge in [-0.3, -0.25) is 9.20 Å². The molecule has 0 bridgehead atoms. The van der Waals surface area contributed by atoms with Crippen LogP contribution in [0.25, 0.3) is 16.9 Å². The van der Waals surface area contributed by atoms with Gasteiger partial charge in [0.1, 0.15) is 5.65 Å². The number of benzene rings is 1. The molecule has 25 heavy (non-hydrogen) atoms. The molecule has 4 aromatic rings. The average molecular weight is 365 g/mol. The Hall–Kier alpha value is -2.44. The molecule has 0 saturated carbocycles. The van der Waals surface area contributed by atoms with Crippen LogP contribution in [0, 0.1) is 6.92 Å². The fourth-order valence-corrected chi connectivity index (χ4v) is 4.37. The van der Waals surface area contributed by atoms with Crippen LogP contribution in [0.1, 0.15) is 11.4 Å². The van der Waals surface area contributed by atoms with Gasteiger partial charge < -0.3 is 0 Å². The van der Waals surface area contributed by atoms with Crippen molar-refractivity contribution in [3.05, 3.63) is 81.7 Å². The summed E-state index contributed by atoms with van der Waals surface area (Å²) < 4.78 is 2.61. The number of hydrogen-bond donors (Lipinski definition) is 0. The number of aromatic nitrogens is 3. The molecule has 0 atom stereocenters. The van der Waals surface area contributed by atoms with E-state index in [1.54, 1.807) is 33.6 Å². The molecule has 3 aromatic heterocycles. The zero-order valence-electron chi connectivity index (χ0n) is 13.5. The first-order chi connectivity index (χ1) is 12.2. The van der Waals surface area contributed by atoms with E-state index in [0.29, 0.717) is 11.4 Å². The molecule has 0 radical (unpaired) electrons. The van der Waals surface area contributed by atoms with Crippen molar-refractivity contribution in [2.45, 2.75) is 17.0 Å². The van der Waals surface area contributed by atoms with Crippen LogP contribution in [0.3, 0.4) is 0 Å². The molecule has 0 aliphatic rings. The number of aryl methyl sites for hydroxylation is 1. The molecule has 0 aliphatic carbocycles. The van der Waals surface area contributed by atoms with Crippen molar-refractivity contribution in [1.82, 2.24) is 14.4 Å². The van der Waals surface area contributed by atoms with Crippen molar-refractivity contribution < 1.29 is 0 Å². The van der Waals surface area contributed by atoms with Gasteiger partial charge in [-0.15, -0.1) is 11.3 Å². The SMILES string of the molecule is Cc1cccc2nc(CSc3nc(-c4ccccc4)cs3)cc(=O)n12. The summed E-state index contributed by atoms with van der Waals surface area (Å²) in [7, 11) is 0. The Morgan fingerprint density at radius 3 is 2.76 bits per heavy atom. The quantitative estimate of drug-likeness (QED) is 0.502. The van der Waals surface area contributed by atoms with Crippen LogP contribution in [0.15, 0.2) is 69.1 Å². The minimum absolute atomic E-state index is 0.0391. The largest absolute Gasteiger partial charge is 0.269 e. The summed E-state index contributed by atoms with van der Waals surface area (Å²) in [5.74, 6) is 0.626. The summed E-state index contributed by atoms with van der Waals surface area (Å²) in [6.07, 6.45) is 0. The van der Waals surface area contributed by atoms with E-state index >= 15 is 0 Å². The highest BCUT2D eigenvalue weighted by Crippen LogP contribution is 2.29. The standard InChI is InChI=1S/C19H15N3OS2/c1-13-6-5-9-17-20-15(10-18(23)22(13)17)11-24-19-21-16(12-25-19)14-7-3-2-4-8-14/h2-10,12H,11H2,1H3. The average Bonchev–Trinajstić information content (AvgIpc) is 3.10. The predicted molar refractivity (Wildman–Crippen MR) is 103 cm³/mol. The first kappa shape index (κ1) is 16.1. The molecule has 4 nitrogen and oxygen atoms in total. The topological polar surface area (TPSA) is 47.3 Å². The predicted octanol–water partition coefficient (Wildman–Crippen LogP) is 4.42. The summed E-state index contributed by atoms with van der Waals surface area (Å²) >= 11 is 3.22. The lowest BCUT2D eigenvalue weighted by molar-refractivity contribution is 0.968. The van der Waals surface area contributed by atoms with E-state index in [0.717, 1.165) is 27.0 Å². The molecule has 0 N–H and O–H groups in total. The molecule has 1 aromatic carbocycles. The fraction of sp³-hybridized carbons (Fsp3) is 0.105. The monoisotopic (exact) mass is 365 g/mol. The molecule has 0 spiro atoms. The summed E-state index contributed by atoms with van der Waals surface area (Å²) in [6, 6.07) is 17.4. The highest BCUT2D eigenvalue weighted by atomic mass is 32.2. The van der Waals surface area contributed by atoms with Crippen LogP contribution in [0.4, 0.5) is 0 Å². The van der Waals surface area contributed by atoms with Crippen molar-refractivity contribution >= 4 is 28.7 Å². The molecule has 0 aliphatic heterocycles. The molecule has 0 fully saturated rings. The van der Waals surface area contributed by atoms with Gasteiger partial charge >= 0.3 is 0 Å². The van der Waals surface area contributed by atoms with Crippen molar-refractivity contribution in [3.63, 3.8) is 0 Å². The Morgan fingerprint density at radius 2 is 1.92 bits per heavy atom. The van der Waals surface area contributed by atoms with Crippen LogP contribution in [-0.2, 0) is 5.75 Å². The lowest BCUT2D eigenvalue weighted by Crippen LogP contribution is -2.17. The van der Waals surface area contributed by atoms with Gasteiger partial charge in [-0.1, -0.05) is 48.2 Å². The van der Waals surface area contributed by atoms with E-state index in [2.05, 4.69) is 27.5 Å². The molecule has 3 heterocycles. The Morgan fingerprint density at radius 1 is 1.08 bits per heavy atom. The van der Waals surface area contributed by atoms with Crippen molar-refractivity contribution in [2.75, 3.05) is 0 Å². The van der Waals surface area contributed by atoms with Crippen LogP contribution in [-0.4, -0.2) is 14.4 Å². The fourth-order valence-electron chi connectivity index (χ4n) is 2.64. The number of rotatable bonds is 4. The van der Waals surface area contributed by atoms with Crippen LogP contribution in [0.5, 0.6) is 0 Å². The maximum absolute atomic E-state index is 12.3. The van der Waals surface area contributed by atoms with Gasteiger partial charge in [0.25, 0.3) is 5.56 Å². The van der Waals surface area contributed by atoms with Gasteiger partial charge in [-0.05, 0) is 19.1 Å². The van der Waals surface area contributed by atoms with Crippen LogP contribution in [0.2, 0.25) is 0 Å². The molecular weight excluding hydrogens is 350 g/mol. The van der Waals surface area contributed by atoms with Gasteiger partial charge in [-0.25, -0.2) is 9.97 Å². The Labute approximate surface area is 153 Å². The van der Waals surface area contributed by atoms with E-state index < -0.39 is 0 Å². The first-order valence-corrected chi connectivity index (χ1v) is 9.69. The maximum Gasteiger partial charge on any atom is 0.258 e. The maximum atomic E-state index is 12.3. The molecule has 6 heteroatoms. The number of thioether (sulfide) groups is 1. The smallest absolute Gasteiger partial charge is 0.258 e. The Kier molecular flexibility index (Phi) is 4.38. The first-order valence-electron chi connectivity index (χ1n) is 7.83. The number of fused-ring (bicyclic) bond motifs is 1. The number of pyridine rings is 1. The minimum Gasteiger partial charge on any atom is -0.269 e. The van der Waals surface area contributed by atoms with Crippen molar-refractivity contribution in [1.29, 1.82) is 0 Å². The zero-order chi connectivity index (χ0) is 17.2. The van der Waals surface area contributed by atoms with Crippen LogP contribution >= 0.6 is 23.1 Å². The number of hydrogen-bond acceptors (Lipinski definition) is 5. The summed E-state index contributed by atoms with van der Waals surface area (Å²) in [5.41, 5.74) is 4.41. The van der Waals surface area contributed by atoms with Gasteiger partial charge in [0.15, 0.2) is 4.34 Å². The summed E-state index contributed by atoms with van der Waals surface area (Å²) in [5, 5.41) is 2.06. The van der Waals surface area contributed by atoms with Gasteiger partial charge in [0, 0.05) is 28.5 Å². The number of thiazole rings is 1. The molecule has 4 rings (SSSR count). The molecule has 124 valence electrons. The lowest BCUT2D eigenvalue weighted by Gasteiger charge is -2.05. The molecule has 0 amide bonds. The highest BCUT2D eigenvalue weighted by Gasteiger charge is 2.08. The van der Waals surface area contributed by atoms with Gasteiger partial charge in [0.2, 0.25) is 0 Å². The van der Waals surface area contributed by atoms with E-state index in [-0.39, 0.29) is 5.56 Å². The highest BCUT2D eigenvalue weighted by molar-refractivity contribution is 8.00. The third-order valence-corrected chi connectivity index (χ3v) is 5.88. The zero-order valence-corrected chi connectivity index (χ0v) is 15.2. The third kappa shape index (κ3) is 3.36. The Bertz CT molecular complexity index is 1090. The van der Waals surface area contributed by atoms with Gasteiger partial charge in [0.05, 0.1) is 11.4 Å². The van der Waals surface area contributed by atoms with E-state index in [1.807, 2.05) is 43.3 Å². The normalized spacial score (nSPS) is 11.1. The second-order valence-corrected chi connectivity index (χ2v) is 7.68. The summed E-state index contributed by atoms with van der Waals surface area (Å²) in [4.78, 5) is 21.6. The molecular formula is C19H15N3OS2. The van der Waals surface area contributed by atoms with E-state index in [4.69, 9.17) is 0 Å². The van der Waals surface area contributed by atoms with E-state index in [1.165, 1.54) is 0 Å². The third-order valence-electron chi connectivity index (χ3n) is 3.83. The van der Waals surface area contributed by atoms with Gasteiger partial charge in [-0.2, -0.15) is 0 Å². The van der Waals surface area contributed by atoms with Crippen molar-refractivity contribution in [3.8, 4) is 11.3 Å². The number of nitrogens with zero attached hydrogens (tertiary/aromatic N) is 3. The second kappa shape index (κ2) is 6.82. The second-order valence-electron chi connectivity index (χ2n) is 5.60. The minimum atomic E-state index is -0.0391. The molecule has 0 saturated heterocycles. The molecule has 0 unspecified atom stereocenters. The Balaban J connectivity index is 1.55. The van der Waals surface area contributed by atoms with Crippen LogP contribution < -0.4 is 5.56 Å².